The Morgan fingerprint density at radius 2 is 0.537 bits per heavy atom. The van der Waals surface area contributed by atoms with Gasteiger partial charge in [0, 0.05) is 86.5 Å². The monoisotopic (exact) mass is 1370 g/mol. The summed E-state index contributed by atoms with van der Waals surface area (Å²) in [6, 6.07) is 118. The van der Waals surface area contributed by atoms with Crippen molar-refractivity contribution in [3.63, 3.8) is 0 Å². The van der Waals surface area contributed by atoms with Crippen molar-refractivity contribution in [2.75, 3.05) is 0 Å². The summed E-state index contributed by atoms with van der Waals surface area (Å²) in [5.41, 5.74) is 27.6. The van der Waals surface area contributed by atoms with E-state index in [4.69, 9.17) is 28.8 Å². The Hall–Kier alpha value is -14.7. The van der Waals surface area contributed by atoms with E-state index in [1.165, 1.54) is 38.3 Å². The molecule has 0 aliphatic carbocycles. The Kier molecular flexibility index (Phi) is 11.5. The standard InChI is InChI=1S/C98H54N8O2/c1-5-21-55(22-6-1)57-37-39-58(40-38-57)62-43-48-82-72(50-62)75-53-73-65-29-13-17-33-77(65)103-78-34-18-14-30-66(78)85(91(73)103)93(75)105(82)98-100-88(60-27-11-4-12-28-60)96-90(102-98)69-45-41-64(52-84(69)108-96)63-44-46-80-70(51-63)74-54-76-71-49-61(56-23-7-2-8-24-56)42-47-81(71)106(94(76)86-67-31-15-19-35-79(67)104(80)92(74)86)97-99-87(59-25-9-3-10-26-59)95-89(101-97)68-32-16-20-36-83(68)107-95/h1-54H. The summed E-state index contributed by atoms with van der Waals surface area (Å²) < 4.78 is 23.5. The van der Waals surface area contributed by atoms with Crippen molar-refractivity contribution >= 4 is 164 Å². The van der Waals surface area contributed by atoms with Crippen molar-refractivity contribution in [3.8, 4) is 78.9 Å². The molecule has 10 aromatic heterocycles. The average molecular weight is 1380 g/mol. The van der Waals surface area contributed by atoms with Crippen LogP contribution in [0.4, 0.5) is 0 Å². The van der Waals surface area contributed by atoms with Crippen LogP contribution in [0.2, 0.25) is 0 Å². The van der Waals surface area contributed by atoms with E-state index >= 15 is 0 Å². The molecule has 25 rings (SSSR count). The molecule has 0 fully saturated rings. The molecule has 25 aromatic rings. The molecular weight excluding hydrogens is 1320 g/mol. The molecule has 0 radical (unpaired) electrons. The highest BCUT2D eigenvalue weighted by molar-refractivity contribution is 6.36. The van der Waals surface area contributed by atoms with Gasteiger partial charge in [-0.05, 0) is 136 Å². The van der Waals surface area contributed by atoms with Crippen molar-refractivity contribution in [1.29, 1.82) is 0 Å². The van der Waals surface area contributed by atoms with Gasteiger partial charge in [-0.1, -0.05) is 237 Å². The lowest BCUT2D eigenvalue weighted by Gasteiger charge is -2.11. The Labute approximate surface area is 613 Å². The third kappa shape index (κ3) is 7.88. The molecule has 10 heterocycles. The number of benzene rings is 15. The third-order valence-electron chi connectivity index (χ3n) is 23.1. The van der Waals surface area contributed by atoms with Crippen LogP contribution in [0, 0.1) is 0 Å². The molecule has 0 amide bonds. The molecule has 15 aromatic carbocycles. The molecule has 108 heavy (non-hydrogen) atoms. The highest BCUT2D eigenvalue weighted by Crippen LogP contribution is 2.51. The number of fused-ring (bicyclic) bond motifs is 26. The van der Waals surface area contributed by atoms with E-state index in [1.54, 1.807) is 0 Å². The van der Waals surface area contributed by atoms with Gasteiger partial charge in [0.2, 0.25) is 11.9 Å². The van der Waals surface area contributed by atoms with Crippen molar-refractivity contribution in [2.45, 2.75) is 0 Å². The fourth-order valence-electron chi connectivity index (χ4n) is 18.3. The van der Waals surface area contributed by atoms with Crippen LogP contribution in [0.5, 0.6) is 0 Å². The molecular formula is C98H54N8O2. The fourth-order valence-corrected chi connectivity index (χ4v) is 18.3. The molecule has 498 valence electrons. The van der Waals surface area contributed by atoms with Crippen molar-refractivity contribution in [3.05, 3.63) is 328 Å². The Balaban J connectivity index is 0.706. The van der Waals surface area contributed by atoms with Gasteiger partial charge in [-0.25, -0.2) is 19.9 Å². The van der Waals surface area contributed by atoms with E-state index in [1.807, 2.05) is 24.3 Å². The van der Waals surface area contributed by atoms with Crippen LogP contribution in [0.3, 0.4) is 0 Å². The lowest BCUT2D eigenvalue weighted by atomic mass is 9.98. The number of hydrogen-bond donors (Lipinski definition) is 0. The maximum atomic E-state index is 7.25. The van der Waals surface area contributed by atoms with Crippen molar-refractivity contribution in [2.24, 2.45) is 0 Å². The Morgan fingerprint density at radius 1 is 0.204 bits per heavy atom. The van der Waals surface area contributed by atoms with Crippen LogP contribution in [-0.2, 0) is 0 Å². The normalized spacial score (nSPS) is 12.4. The van der Waals surface area contributed by atoms with Crippen molar-refractivity contribution < 1.29 is 8.83 Å². The van der Waals surface area contributed by atoms with E-state index < -0.39 is 0 Å². The molecule has 0 saturated carbocycles. The van der Waals surface area contributed by atoms with Gasteiger partial charge in [-0.2, -0.15) is 0 Å². The molecule has 0 aliphatic heterocycles. The first-order chi connectivity index (χ1) is 53.6. The average Bonchev–Trinajstić information content (AvgIpc) is 1.52. The number of aromatic nitrogens is 8. The number of rotatable bonds is 8. The minimum Gasteiger partial charge on any atom is -0.452 e. The predicted octanol–water partition coefficient (Wildman–Crippen LogP) is 25.6. The molecule has 0 aliphatic rings. The molecule has 0 N–H and O–H groups in total. The minimum absolute atomic E-state index is 0.561. The highest BCUT2D eigenvalue weighted by atomic mass is 16.3. The summed E-state index contributed by atoms with van der Waals surface area (Å²) in [4.78, 5) is 22.6. The van der Waals surface area contributed by atoms with Crippen LogP contribution in [0.1, 0.15) is 0 Å². The van der Waals surface area contributed by atoms with Crippen LogP contribution in [0.15, 0.2) is 336 Å². The first-order valence-corrected chi connectivity index (χ1v) is 36.7. The molecule has 0 bridgehead atoms. The van der Waals surface area contributed by atoms with Gasteiger partial charge in [0.25, 0.3) is 0 Å². The van der Waals surface area contributed by atoms with Crippen LogP contribution < -0.4 is 0 Å². The smallest absolute Gasteiger partial charge is 0.236 e. The first-order valence-electron chi connectivity index (χ1n) is 36.7. The molecule has 0 atom stereocenters. The van der Waals surface area contributed by atoms with Gasteiger partial charge in [0.05, 0.1) is 55.2 Å². The van der Waals surface area contributed by atoms with Gasteiger partial charge in [-0.15, -0.1) is 0 Å². The SMILES string of the molecule is c1ccc(-c2ccc(-c3ccc4c(c3)c3cc5c6ccccc6n6c7ccccc7c(c3n4-c3nc(-c4ccccc4)c4oc7cc(-c8ccc9c(c8)c8cc%10c%11cc(-c%12ccccc%12)ccc%11n(-c%11nc(-c%12ccccc%12)c%12oc%13ccccc%13c%12n%11)c%10c%10c%11ccccc%11n9c8%10)ccc7c4n3)c56)cc2)cc1. The Morgan fingerprint density at radius 3 is 1.06 bits per heavy atom. The van der Waals surface area contributed by atoms with Crippen LogP contribution in [-0.4, -0.2) is 37.9 Å². The maximum absolute atomic E-state index is 7.25. The number of nitrogens with zero attached hydrogens (tertiary/aromatic N) is 8. The zero-order valence-corrected chi connectivity index (χ0v) is 57.6. The lowest BCUT2D eigenvalue weighted by molar-refractivity contribution is 0.666. The zero-order valence-electron chi connectivity index (χ0n) is 57.6. The second-order valence-corrected chi connectivity index (χ2v) is 28.7. The summed E-state index contributed by atoms with van der Waals surface area (Å²) >= 11 is 0. The summed E-state index contributed by atoms with van der Waals surface area (Å²) in [5.74, 6) is 1.13. The second kappa shape index (κ2) is 21.5. The van der Waals surface area contributed by atoms with Gasteiger partial charge in [0.15, 0.2) is 11.2 Å². The molecule has 10 heteroatoms. The van der Waals surface area contributed by atoms with Crippen LogP contribution >= 0.6 is 0 Å². The van der Waals surface area contributed by atoms with E-state index in [9.17, 15) is 0 Å². The molecule has 10 nitrogen and oxygen atoms in total. The largest absolute Gasteiger partial charge is 0.452 e. The minimum atomic E-state index is 0.561. The van der Waals surface area contributed by atoms with Crippen LogP contribution in [0.25, 0.3) is 243 Å². The Bertz CT molecular complexity index is 8150. The van der Waals surface area contributed by atoms with Crippen molar-refractivity contribution in [1.82, 2.24) is 37.9 Å². The highest BCUT2D eigenvalue weighted by Gasteiger charge is 2.31. The second-order valence-electron chi connectivity index (χ2n) is 28.7. The van der Waals surface area contributed by atoms with Gasteiger partial charge in [0.1, 0.15) is 33.6 Å². The number of para-hydroxylation sites is 4. The summed E-state index contributed by atoms with van der Waals surface area (Å²) in [7, 11) is 0. The van der Waals surface area contributed by atoms with Gasteiger partial charge >= 0.3 is 0 Å². The predicted molar refractivity (Wildman–Crippen MR) is 443 cm³/mol. The first kappa shape index (κ1) is 57.7. The third-order valence-corrected chi connectivity index (χ3v) is 23.1. The molecule has 0 spiro atoms. The van der Waals surface area contributed by atoms with Gasteiger partial charge in [-0.3, -0.25) is 9.13 Å². The van der Waals surface area contributed by atoms with E-state index in [0.717, 1.165) is 176 Å². The van der Waals surface area contributed by atoms with Gasteiger partial charge < -0.3 is 17.6 Å². The van der Waals surface area contributed by atoms with E-state index in [0.29, 0.717) is 28.8 Å². The van der Waals surface area contributed by atoms with E-state index in [2.05, 4.69) is 321 Å². The number of furan rings is 2. The lowest BCUT2D eigenvalue weighted by Crippen LogP contribution is -2.03. The summed E-state index contributed by atoms with van der Waals surface area (Å²) in [5, 5.41) is 15.6. The topological polar surface area (TPSA) is 96.5 Å². The summed E-state index contributed by atoms with van der Waals surface area (Å²) in [6.45, 7) is 0. The number of hydrogen-bond acceptors (Lipinski definition) is 6. The fraction of sp³-hybridized carbons (Fsp3) is 0. The quantitative estimate of drug-likeness (QED) is 0.150. The molecule has 0 saturated heterocycles. The molecule has 0 unspecified atom stereocenters. The summed E-state index contributed by atoms with van der Waals surface area (Å²) in [6.07, 6.45) is 0. The maximum Gasteiger partial charge on any atom is 0.236 e. The van der Waals surface area contributed by atoms with E-state index in [-0.39, 0.29) is 0 Å². The zero-order chi connectivity index (χ0) is 70.1.